The van der Waals surface area contributed by atoms with Gasteiger partial charge in [-0.05, 0) is 30.0 Å². The zero-order chi connectivity index (χ0) is 20.1. The molecule has 6 nitrogen and oxygen atoms in total. The summed E-state index contributed by atoms with van der Waals surface area (Å²) in [5, 5.41) is 8.79. The van der Waals surface area contributed by atoms with Crippen LogP contribution in [0.15, 0.2) is 65.8 Å². The zero-order valence-electron chi connectivity index (χ0n) is 16.5. The topological polar surface area (TPSA) is 65.0 Å². The number of carbonyl (C=O) groups is 2. The third-order valence-corrected chi connectivity index (χ3v) is 5.50. The highest BCUT2D eigenvalue weighted by atomic mass is 16.2. The van der Waals surface area contributed by atoms with Gasteiger partial charge < -0.3 is 10.2 Å². The number of hydrogen-bond acceptors (Lipinski definition) is 4. The van der Waals surface area contributed by atoms with Gasteiger partial charge in [0.05, 0.1) is 6.54 Å². The highest BCUT2D eigenvalue weighted by Gasteiger charge is 2.27. The first-order valence-corrected chi connectivity index (χ1v) is 10.2. The van der Waals surface area contributed by atoms with Crippen molar-refractivity contribution in [1.29, 1.82) is 0 Å². The van der Waals surface area contributed by atoms with Crippen molar-refractivity contribution in [1.82, 2.24) is 10.3 Å². The van der Waals surface area contributed by atoms with E-state index in [9.17, 15) is 9.59 Å². The van der Waals surface area contributed by atoms with E-state index in [0.29, 0.717) is 37.6 Å². The number of hydrogen-bond donors (Lipinski definition) is 1. The average molecular weight is 390 g/mol. The molecule has 1 saturated heterocycles. The van der Waals surface area contributed by atoms with Gasteiger partial charge in [-0.25, -0.2) is 5.01 Å². The number of nitrogens with zero attached hydrogens (tertiary/aromatic N) is 3. The summed E-state index contributed by atoms with van der Waals surface area (Å²) in [5.41, 5.74) is 2.67. The second-order valence-electron chi connectivity index (χ2n) is 7.63. The maximum absolute atomic E-state index is 12.6. The molecule has 150 valence electrons. The van der Waals surface area contributed by atoms with Crippen molar-refractivity contribution in [2.45, 2.75) is 25.8 Å². The maximum atomic E-state index is 12.6. The number of rotatable bonds is 6. The first-order valence-electron chi connectivity index (χ1n) is 10.2. The predicted molar refractivity (Wildman–Crippen MR) is 113 cm³/mol. The van der Waals surface area contributed by atoms with Gasteiger partial charge in [0.1, 0.15) is 5.71 Å². The Morgan fingerprint density at radius 2 is 1.76 bits per heavy atom. The van der Waals surface area contributed by atoms with E-state index in [0.717, 1.165) is 25.1 Å². The number of benzene rings is 2. The molecule has 0 saturated carbocycles. The normalized spacial score (nSPS) is 19.2. The van der Waals surface area contributed by atoms with Crippen LogP contribution in [0.25, 0.3) is 0 Å². The minimum Gasteiger partial charge on any atom is -0.371 e. The van der Waals surface area contributed by atoms with Crippen LogP contribution < -0.4 is 10.2 Å². The SMILES string of the molecule is O=C(NCC1CCN(c2ccccc2)C1)C1=NN(Cc2ccccc2)C(=O)CC1. The number of anilines is 1. The highest BCUT2D eigenvalue weighted by Crippen LogP contribution is 2.23. The lowest BCUT2D eigenvalue weighted by Gasteiger charge is -2.23. The van der Waals surface area contributed by atoms with E-state index in [2.05, 4.69) is 27.5 Å². The molecule has 2 aromatic carbocycles. The number of hydrazone groups is 1. The summed E-state index contributed by atoms with van der Waals surface area (Å²) in [4.78, 5) is 27.2. The summed E-state index contributed by atoms with van der Waals surface area (Å²) in [5.74, 6) is 0.221. The molecule has 29 heavy (non-hydrogen) atoms. The smallest absolute Gasteiger partial charge is 0.267 e. The average Bonchev–Trinajstić information content (AvgIpc) is 3.24. The summed E-state index contributed by atoms with van der Waals surface area (Å²) < 4.78 is 0. The van der Waals surface area contributed by atoms with Gasteiger partial charge >= 0.3 is 0 Å². The molecule has 1 N–H and O–H groups in total. The minimum absolute atomic E-state index is 0.0419. The Balaban J connectivity index is 1.31. The molecule has 2 amide bonds. The van der Waals surface area contributed by atoms with Gasteiger partial charge in [0.25, 0.3) is 5.91 Å². The molecule has 2 aliphatic rings. The fraction of sp³-hybridized carbons (Fsp3) is 0.348. The van der Waals surface area contributed by atoms with Crippen LogP contribution in [-0.4, -0.2) is 42.2 Å². The predicted octanol–water partition coefficient (Wildman–Crippen LogP) is 2.81. The van der Waals surface area contributed by atoms with Crippen molar-refractivity contribution in [2.75, 3.05) is 24.5 Å². The minimum atomic E-state index is -0.159. The van der Waals surface area contributed by atoms with Crippen LogP contribution in [0.3, 0.4) is 0 Å². The second kappa shape index (κ2) is 8.90. The molecule has 0 aromatic heterocycles. The zero-order valence-corrected chi connectivity index (χ0v) is 16.5. The first kappa shape index (κ1) is 19.2. The Morgan fingerprint density at radius 1 is 1.03 bits per heavy atom. The number of para-hydroxylation sites is 1. The molecule has 6 heteroatoms. The Morgan fingerprint density at radius 3 is 2.52 bits per heavy atom. The first-order chi connectivity index (χ1) is 14.2. The lowest BCUT2D eigenvalue weighted by molar-refractivity contribution is -0.132. The Labute approximate surface area is 171 Å². The molecular weight excluding hydrogens is 364 g/mol. The van der Waals surface area contributed by atoms with E-state index in [-0.39, 0.29) is 11.8 Å². The van der Waals surface area contributed by atoms with Crippen LogP contribution in [0.4, 0.5) is 5.69 Å². The summed E-state index contributed by atoms with van der Waals surface area (Å²) in [7, 11) is 0. The molecule has 0 bridgehead atoms. The van der Waals surface area contributed by atoms with Crippen molar-refractivity contribution in [3.05, 3.63) is 66.2 Å². The molecular formula is C23H26N4O2. The molecule has 4 rings (SSSR count). The van der Waals surface area contributed by atoms with Gasteiger partial charge in [-0.2, -0.15) is 5.10 Å². The van der Waals surface area contributed by atoms with E-state index in [1.807, 2.05) is 48.5 Å². The largest absolute Gasteiger partial charge is 0.371 e. The van der Waals surface area contributed by atoms with Gasteiger partial charge in [0.2, 0.25) is 5.91 Å². The van der Waals surface area contributed by atoms with E-state index in [1.54, 1.807) is 0 Å². The summed E-state index contributed by atoms with van der Waals surface area (Å²) >= 11 is 0. The Kier molecular flexibility index (Phi) is 5.89. The number of nitrogens with one attached hydrogen (secondary N) is 1. The molecule has 1 atom stereocenters. The van der Waals surface area contributed by atoms with Crippen molar-refractivity contribution in [3.63, 3.8) is 0 Å². The van der Waals surface area contributed by atoms with E-state index in [1.165, 1.54) is 10.7 Å². The lowest BCUT2D eigenvalue weighted by Crippen LogP contribution is -2.40. The van der Waals surface area contributed by atoms with Crippen molar-refractivity contribution in [2.24, 2.45) is 11.0 Å². The van der Waals surface area contributed by atoms with E-state index >= 15 is 0 Å². The van der Waals surface area contributed by atoms with Crippen molar-refractivity contribution in [3.8, 4) is 0 Å². The van der Waals surface area contributed by atoms with Crippen LogP contribution in [0.2, 0.25) is 0 Å². The van der Waals surface area contributed by atoms with Crippen LogP contribution in [0, 0.1) is 5.92 Å². The fourth-order valence-corrected chi connectivity index (χ4v) is 3.86. The summed E-state index contributed by atoms with van der Waals surface area (Å²) in [6.45, 7) is 2.97. The van der Waals surface area contributed by atoms with Gasteiger partial charge in [-0.15, -0.1) is 0 Å². The van der Waals surface area contributed by atoms with E-state index < -0.39 is 0 Å². The third kappa shape index (κ3) is 4.83. The van der Waals surface area contributed by atoms with Gasteiger partial charge in [0, 0.05) is 38.2 Å². The van der Waals surface area contributed by atoms with Crippen LogP contribution in [0.5, 0.6) is 0 Å². The summed E-state index contributed by atoms with van der Waals surface area (Å²) in [6, 6.07) is 20.1. The molecule has 2 heterocycles. The van der Waals surface area contributed by atoms with Crippen molar-refractivity contribution < 1.29 is 9.59 Å². The molecule has 2 aliphatic heterocycles. The molecule has 0 spiro atoms. The lowest BCUT2D eigenvalue weighted by atomic mass is 10.1. The highest BCUT2D eigenvalue weighted by molar-refractivity contribution is 6.39. The van der Waals surface area contributed by atoms with Crippen LogP contribution in [0.1, 0.15) is 24.8 Å². The van der Waals surface area contributed by atoms with Crippen molar-refractivity contribution >= 4 is 23.2 Å². The third-order valence-electron chi connectivity index (χ3n) is 5.50. The molecule has 0 aliphatic carbocycles. The standard InChI is InChI=1S/C23H26N4O2/c28-22-12-11-21(25-27(22)17-18-7-3-1-4-8-18)23(29)24-15-19-13-14-26(16-19)20-9-5-2-6-10-20/h1-10,19H,11-17H2,(H,24,29). The monoisotopic (exact) mass is 390 g/mol. The number of amides is 2. The van der Waals surface area contributed by atoms with Gasteiger partial charge in [0.15, 0.2) is 0 Å². The maximum Gasteiger partial charge on any atom is 0.267 e. The van der Waals surface area contributed by atoms with Gasteiger partial charge in [-0.1, -0.05) is 48.5 Å². The molecule has 1 unspecified atom stereocenters. The second-order valence-corrected chi connectivity index (χ2v) is 7.63. The van der Waals surface area contributed by atoms with E-state index in [4.69, 9.17) is 0 Å². The molecule has 0 radical (unpaired) electrons. The van der Waals surface area contributed by atoms with Crippen LogP contribution >= 0.6 is 0 Å². The number of carbonyl (C=O) groups excluding carboxylic acids is 2. The quantitative estimate of drug-likeness (QED) is 0.825. The summed E-state index contributed by atoms with van der Waals surface area (Å²) in [6.07, 6.45) is 1.78. The fourth-order valence-electron chi connectivity index (χ4n) is 3.86. The Hall–Kier alpha value is -3.15. The van der Waals surface area contributed by atoms with Gasteiger partial charge in [-0.3, -0.25) is 9.59 Å². The van der Waals surface area contributed by atoms with Crippen LogP contribution in [-0.2, 0) is 16.1 Å². The molecule has 1 fully saturated rings. The Bertz CT molecular complexity index is 882. The molecule has 2 aromatic rings.